The molecule has 1 amide bonds. The summed E-state index contributed by atoms with van der Waals surface area (Å²) in [6, 6.07) is 10.7. The van der Waals surface area contributed by atoms with Crippen molar-refractivity contribution in [1.29, 1.82) is 5.26 Å². The predicted octanol–water partition coefficient (Wildman–Crippen LogP) is 1.88. The summed E-state index contributed by atoms with van der Waals surface area (Å²) in [7, 11) is 0. The van der Waals surface area contributed by atoms with Gasteiger partial charge in [-0.2, -0.15) is 5.26 Å². The molecule has 7 heteroatoms. The zero-order chi connectivity index (χ0) is 18.5. The molecule has 26 heavy (non-hydrogen) atoms. The first-order valence-corrected chi connectivity index (χ1v) is 8.48. The van der Waals surface area contributed by atoms with Crippen LogP contribution in [0.4, 0.5) is 0 Å². The number of carbonyl (C=O) groups excluding carboxylic acids is 2. The van der Waals surface area contributed by atoms with Gasteiger partial charge in [0.15, 0.2) is 5.92 Å². The van der Waals surface area contributed by atoms with Crippen LogP contribution < -0.4 is 0 Å². The number of rotatable bonds is 4. The average molecular weight is 353 g/mol. The Labute approximate surface area is 151 Å². The van der Waals surface area contributed by atoms with E-state index in [0.29, 0.717) is 42.8 Å². The number of pyridine rings is 1. The number of aromatic nitrogens is 1. The highest BCUT2D eigenvalue weighted by atomic mass is 16.5. The van der Waals surface area contributed by atoms with Crippen molar-refractivity contribution in [3.8, 4) is 6.07 Å². The first kappa shape index (κ1) is 17.8. The molecule has 1 saturated heterocycles. The van der Waals surface area contributed by atoms with Crippen LogP contribution in [0.2, 0.25) is 0 Å². The summed E-state index contributed by atoms with van der Waals surface area (Å²) in [5.41, 5.74) is 1.21. The number of esters is 1. The van der Waals surface area contributed by atoms with Gasteiger partial charge in [-0.3, -0.25) is 14.6 Å². The highest BCUT2D eigenvalue weighted by Gasteiger charge is 2.27. The molecule has 0 radical (unpaired) electrons. The SMILES string of the molecule is CCOC(=O)C(C#N)c1cc(C(=O)N2CCOCC2)c2ccccc2n1. The Morgan fingerprint density at radius 1 is 1.35 bits per heavy atom. The second-order valence-electron chi connectivity index (χ2n) is 5.83. The van der Waals surface area contributed by atoms with Crippen molar-refractivity contribution < 1.29 is 19.1 Å². The number of benzene rings is 1. The lowest BCUT2D eigenvalue weighted by Gasteiger charge is -2.27. The fourth-order valence-corrected chi connectivity index (χ4v) is 2.92. The van der Waals surface area contributed by atoms with Crippen LogP contribution in [0.3, 0.4) is 0 Å². The topological polar surface area (TPSA) is 92.5 Å². The van der Waals surface area contributed by atoms with E-state index in [0.717, 1.165) is 0 Å². The minimum Gasteiger partial charge on any atom is -0.465 e. The average Bonchev–Trinajstić information content (AvgIpc) is 2.68. The van der Waals surface area contributed by atoms with Gasteiger partial charge in [0.05, 0.1) is 42.7 Å². The smallest absolute Gasteiger partial charge is 0.329 e. The van der Waals surface area contributed by atoms with E-state index in [1.165, 1.54) is 6.07 Å². The van der Waals surface area contributed by atoms with Crippen LogP contribution in [0.5, 0.6) is 0 Å². The van der Waals surface area contributed by atoms with Gasteiger partial charge in [-0.15, -0.1) is 0 Å². The molecule has 1 unspecified atom stereocenters. The molecular weight excluding hydrogens is 334 g/mol. The maximum absolute atomic E-state index is 13.0. The summed E-state index contributed by atoms with van der Waals surface area (Å²) in [6.07, 6.45) is 0. The van der Waals surface area contributed by atoms with E-state index in [4.69, 9.17) is 9.47 Å². The minimum absolute atomic E-state index is 0.159. The first-order chi connectivity index (χ1) is 12.7. The number of ether oxygens (including phenoxy) is 2. The Morgan fingerprint density at radius 2 is 2.08 bits per heavy atom. The molecule has 134 valence electrons. The van der Waals surface area contributed by atoms with Crippen LogP contribution in [-0.2, 0) is 14.3 Å². The monoisotopic (exact) mass is 353 g/mol. The third kappa shape index (κ3) is 3.51. The number of amides is 1. The highest BCUT2D eigenvalue weighted by molar-refractivity contribution is 6.06. The maximum atomic E-state index is 13.0. The molecule has 0 spiro atoms. The third-order valence-electron chi connectivity index (χ3n) is 4.21. The molecule has 1 aromatic carbocycles. The number of fused-ring (bicyclic) bond motifs is 1. The van der Waals surface area contributed by atoms with Crippen molar-refractivity contribution in [1.82, 2.24) is 9.88 Å². The molecule has 2 aromatic rings. The lowest BCUT2D eigenvalue weighted by atomic mass is 10.0. The Hall–Kier alpha value is -2.98. The number of nitriles is 1. The molecule has 7 nitrogen and oxygen atoms in total. The molecule has 0 saturated carbocycles. The second-order valence-corrected chi connectivity index (χ2v) is 5.83. The van der Waals surface area contributed by atoms with Crippen molar-refractivity contribution in [2.45, 2.75) is 12.8 Å². The van der Waals surface area contributed by atoms with Gasteiger partial charge in [0.2, 0.25) is 0 Å². The van der Waals surface area contributed by atoms with Gasteiger partial charge in [-0.05, 0) is 19.1 Å². The lowest BCUT2D eigenvalue weighted by molar-refractivity contribution is -0.143. The van der Waals surface area contributed by atoms with Crippen molar-refractivity contribution in [3.05, 3.63) is 41.6 Å². The van der Waals surface area contributed by atoms with Crippen molar-refractivity contribution >= 4 is 22.8 Å². The summed E-state index contributed by atoms with van der Waals surface area (Å²) in [4.78, 5) is 31.2. The van der Waals surface area contributed by atoms with Crippen LogP contribution in [0, 0.1) is 11.3 Å². The second kappa shape index (κ2) is 7.93. The number of hydrogen-bond acceptors (Lipinski definition) is 6. The molecule has 1 aliphatic heterocycles. The van der Waals surface area contributed by atoms with Crippen molar-refractivity contribution in [3.63, 3.8) is 0 Å². The number of carbonyl (C=O) groups is 2. The van der Waals surface area contributed by atoms with Gasteiger partial charge in [0, 0.05) is 18.5 Å². The van der Waals surface area contributed by atoms with Crippen LogP contribution in [0.15, 0.2) is 30.3 Å². The molecule has 1 aromatic heterocycles. The fourth-order valence-electron chi connectivity index (χ4n) is 2.92. The Balaban J connectivity index is 2.08. The van der Waals surface area contributed by atoms with E-state index >= 15 is 0 Å². The van der Waals surface area contributed by atoms with E-state index in [1.54, 1.807) is 24.0 Å². The Kier molecular flexibility index (Phi) is 5.44. The van der Waals surface area contributed by atoms with Gasteiger partial charge in [0.25, 0.3) is 5.91 Å². The van der Waals surface area contributed by atoms with Crippen molar-refractivity contribution in [2.75, 3.05) is 32.9 Å². The quantitative estimate of drug-likeness (QED) is 0.779. The number of nitrogens with zero attached hydrogens (tertiary/aromatic N) is 3. The molecule has 0 N–H and O–H groups in total. The third-order valence-corrected chi connectivity index (χ3v) is 4.21. The van der Waals surface area contributed by atoms with Gasteiger partial charge < -0.3 is 14.4 Å². The Bertz CT molecular complexity index is 869. The lowest BCUT2D eigenvalue weighted by Crippen LogP contribution is -2.40. The van der Waals surface area contributed by atoms with Crippen LogP contribution in [0.25, 0.3) is 10.9 Å². The summed E-state index contributed by atoms with van der Waals surface area (Å²) < 4.78 is 10.3. The van der Waals surface area contributed by atoms with E-state index in [1.807, 2.05) is 18.2 Å². The summed E-state index contributed by atoms with van der Waals surface area (Å²) in [5, 5.41) is 10.1. The van der Waals surface area contributed by atoms with Crippen LogP contribution >= 0.6 is 0 Å². The zero-order valence-corrected chi connectivity index (χ0v) is 14.5. The van der Waals surface area contributed by atoms with E-state index in [9.17, 15) is 14.9 Å². The fraction of sp³-hybridized carbons (Fsp3) is 0.368. The normalized spacial score (nSPS) is 15.3. The maximum Gasteiger partial charge on any atom is 0.329 e. The molecule has 0 bridgehead atoms. The molecule has 1 aliphatic rings. The molecule has 3 rings (SSSR count). The molecule has 2 heterocycles. The number of hydrogen-bond donors (Lipinski definition) is 0. The number of para-hydroxylation sites is 1. The van der Waals surface area contributed by atoms with E-state index < -0.39 is 11.9 Å². The predicted molar refractivity (Wildman–Crippen MR) is 93.5 cm³/mol. The van der Waals surface area contributed by atoms with Gasteiger partial charge in [0.1, 0.15) is 0 Å². The molecule has 1 fully saturated rings. The van der Waals surface area contributed by atoms with E-state index in [-0.39, 0.29) is 18.2 Å². The Morgan fingerprint density at radius 3 is 2.77 bits per heavy atom. The van der Waals surface area contributed by atoms with Gasteiger partial charge in [-0.1, -0.05) is 18.2 Å². The van der Waals surface area contributed by atoms with Crippen molar-refractivity contribution in [2.24, 2.45) is 0 Å². The largest absolute Gasteiger partial charge is 0.465 e. The summed E-state index contributed by atoms with van der Waals surface area (Å²) in [5.74, 6) is -1.99. The molecular formula is C19H19N3O4. The van der Waals surface area contributed by atoms with Crippen LogP contribution in [0.1, 0.15) is 28.9 Å². The zero-order valence-electron chi connectivity index (χ0n) is 14.5. The first-order valence-electron chi connectivity index (χ1n) is 8.48. The minimum atomic E-state index is -1.17. The highest BCUT2D eigenvalue weighted by Crippen LogP contribution is 2.25. The summed E-state index contributed by atoms with van der Waals surface area (Å²) in [6.45, 7) is 3.84. The number of morpholine rings is 1. The van der Waals surface area contributed by atoms with Crippen LogP contribution in [-0.4, -0.2) is 54.7 Å². The summed E-state index contributed by atoms with van der Waals surface area (Å²) >= 11 is 0. The van der Waals surface area contributed by atoms with Gasteiger partial charge >= 0.3 is 5.97 Å². The molecule has 1 atom stereocenters. The standard InChI is InChI=1S/C19H19N3O4/c1-2-26-19(24)15(12-20)17-11-14(13-5-3-4-6-16(13)21-17)18(23)22-7-9-25-10-8-22/h3-6,11,15H,2,7-10H2,1H3. The van der Waals surface area contributed by atoms with E-state index in [2.05, 4.69) is 4.98 Å². The molecule has 0 aliphatic carbocycles. The van der Waals surface area contributed by atoms with Gasteiger partial charge in [-0.25, -0.2) is 0 Å².